The molecule has 0 amide bonds. The highest BCUT2D eigenvalue weighted by molar-refractivity contribution is 5.73. The lowest BCUT2D eigenvalue weighted by atomic mass is 10.2. The molecule has 1 aromatic heterocycles. The van der Waals surface area contributed by atoms with Crippen LogP contribution in [0.4, 0.5) is 0 Å². The van der Waals surface area contributed by atoms with E-state index >= 15 is 0 Å². The lowest BCUT2D eigenvalue weighted by Gasteiger charge is -2.13. The summed E-state index contributed by atoms with van der Waals surface area (Å²) in [5.74, 6) is -0.762. The molecule has 1 aliphatic rings. The molecule has 0 saturated heterocycles. The summed E-state index contributed by atoms with van der Waals surface area (Å²) in [5, 5.41) is 12.1. The van der Waals surface area contributed by atoms with E-state index in [0.29, 0.717) is 19.0 Å². The third-order valence-electron chi connectivity index (χ3n) is 2.55. The Labute approximate surface area is 88.1 Å². The molecule has 0 aromatic carbocycles. The van der Waals surface area contributed by atoms with Gasteiger partial charge in [-0.3, -0.25) is 4.79 Å². The van der Waals surface area contributed by atoms with E-state index in [1.54, 1.807) is 12.5 Å². The first-order valence-electron chi connectivity index (χ1n) is 5.20. The van der Waals surface area contributed by atoms with Crippen LogP contribution in [-0.4, -0.2) is 32.7 Å². The Morgan fingerprint density at radius 1 is 1.67 bits per heavy atom. The number of carbonyl (C=O) groups is 1. The van der Waals surface area contributed by atoms with Gasteiger partial charge in [-0.2, -0.15) is 0 Å². The van der Waals surface area contributed by atoms with Gasteiger partial charge in [-0.15, -0.1) is 0 Å². The first kappa shape index (κ1) is 10.2. The summed E-state index contributed by atoms with van der Waals surface area (Å²) in [6, 6.07) is -0.00575. The highest BCUT2D eigenvalue weighted by atomic mass is 16.4. The molecule has 82 valence electrons. The summed E-state index contributed by atoms with van der Waals surface area (Å²) in [5.41, 5.74) is 0. The molecule has 2 rings (SSSR count). The molecule has 2 N–H and O–H groups in total. The van der Waals surface area contributed by atoms with Gasteiger partial charge in [0.15, 0.2) is 0 Å². The van der Waals surface area contributed by atoms with Gasteiger partial charge in [0.2, 0.25) is 0 Å². The number of hydrogen-bond acceptors (Lipinski definition) is 3. The number of nitrogens with zero attached hydrogens (tertiary/aromatic N) is 2. The number of hydrogen-bond donors (Lipinski definition) is 2. The zero-order valence-corrected chi connectivity index (χ0v) is 8.47. The SMILES string of the molecule is O=C(O)C(CCn1ccnc1)NC1CC1. The monoisotopic (exact) mass is 209 g/mol. The number of rotatable bonds is 6. The second-order valence-corrected chi connectivity index (χ2v) is 3.92. The minimum Gasteiger partial charge on any atom is -0.480 e. The fraction of sp³-hybridized carbons (Fsp3) is 0.600. The predicted molar refractivity (Wildman–Crippen MR) is 54.4 cm³/mol. The van der Waals surface area contributed by atoms with Gasteiger partial charge < -0.3 is 15.0 Å². The Morgan fingerprint density at radius 2 is 2.47 bits per heavy atom. The number of aromatic nitrogens is 2. The van der Waals surface area contributed by atoms with Crippen LogP contribution in [0.15, 0.2) is 18.7 Å². The number of aliphatic carboxylic acids is 1. The molecule has 0 spiro atoms. The average Bonchev–Trinajstić information content (AvgIpc) is 2.87. The van der Waals surface area contributed by atoms with E-state index in [9.17, 15) is 4.79 Å². The van der Waals surface area contributed by atoms with Gasteiger partial charge in [0.25, 0.3) is 0 Å². The molecule has 1 unspecified atom stereocenters. The predicted octanol–water partition coefficient (Wildman–Crippen LogP) is 0.478. The van der Waals surface area contributed by atoms with Crippen molar-refractivity contribution in [2.45, 2.75) is 37.9 Å². The van der Waals surface area contributed by atoms with Crippen molar-refractivity contribution in [1.29, 1.82) is 0 Å². The zero-order chi connectivity index (χ0) is 10.7. The molecule has 0 aliphatic heterocycles. The van der Waals surface area contributed by atoms with Gasteiger partial charge in [0.05, 0.1) is 6.33 Å². The van der Waals surface area contributed by atoms with Crippen LogP contribution in [0.2, 0.25) is 0 Å². The van der Waals surface area contributed by atoms with Gasteiger partial charge >= 0.3 is 5.97 Å². The van der Waals surface area contributed by atoms with Gasteiger partial charge in [0.1, 0.15) is 6.04 Å². The summed E-state index contributed by atoms with van der Waals surface area (Å²) in [6.45, 7) is 0.691. The van der Waals surface area contributed by atoms with Gasteiger partial charge in [-0.25, -0.2) is 4.98 Å². The molecule has 1 saturated carbocycles. The van der Waals surface area contributed by atoms with E-state index in [1.807, 2.05) is 10.8 Å². The summed E-state index contributed by atoms with van der Waals surface area (Å²) in [6.07, 6.45) is 8.06. The average molecular weight is 209 g/mol. The van der Waals surface area contributed by atoms with Gasteiger partial charge in [-0.05, 0) is 19.3 Å². The number of aryl methyl sites for hydroxylation is 1. The Balaban J connectivity index is 1.80. The lowest BCUT2D eigenvalue weighted by molar-refractivity contribution is -0.139. The molecule has 15 heavy (non-hydrogen) atoms. The van der Waals surface area contributed by atoms with Crippen LogP contribution in [0.25, 0.3) is 0 Å². The van der Waals surface area contributed by atoms with Crippen LogP contribution in [0.5, 0.6) is 0 Å². The van der Waals surface area contributed by atoms with E-state index in [2.05, 4.69) is 10.3 Å². The topological polar surface area (TPSA) is 67.1 Å². The number of nitrogens with one attached hydrogen (secondary N) is 1. The van der Waals surface area contributed by atoms with E-state index in [0.717, 1.165) is 12.8 Å². The maximum atomic E-state index is 10.9. The standard InChI is InChI=1S/C10H15N3O2/c14-10(15)9(12-8-1-2-8)3-5-13-6-4-11-7-13/h4,6-9,12H,1-3,5H2,(H,14,15). The number of carboxylic acids is 1. The van der Waals surface area contributed by atoms with Crippen LogP contribution in [0, 0.1) is 0 Å². The van der Waals surface area contributed by atoms with E-state index < -0.39 is 12.0 Å². The van der Waals surface area contributed by atoms with Crippen molar-refractivity contribution < 1.29 is 9.90 Å². The second kappa shape index (κ2) is 4.44. The van der Waals surface area contributed by atoms with Crippen LogP contribution in [0.1, 0.15) is 19.3 Å². The zero-order valence-electron chi connectivity index (χ0n) is 8.47. The van der Waals surface area contributed by atoms with Crippen molar-refractivity contribution in [1.82, 2.24) is 14.9 Å². The Morgan fingerprint density at radius 3 is 3.00 bits per heavy atom. The summed E-state index contributed by atoms with van der Waals surface area (Å²) in [4.78, 5) is 14.8. The minimum atomic E-state index is -0.762. The molecular weight excluding hydrogens is 194 g/mol. The smallest absolute Gasteiger partial charge is 0.320 e. The largest absolute Gasteiger partial charge is 0.480 e. The van der Waals surface area contributed by atoms with E-state index in [1.165, 1.54) is 0 Å². The first-order chi connectivity index (χ1) is 7.25. The maximum Gasteiger partial charge on any atom is 0.320 e. The van der Waals surface area contributed by atoms with E-state index in [4.69, 9.17) is 5.11 Å². The first-order valence-corrected chi connectivity index (χ1v) is 5.20. The van der Waals surface area contributed by atoms with Crippen molar-refractivity contribution in [3.8, 4) is 0 Å². The molecule has 1 atom stereocenters. The van der Waals surface area contributed by atoms with Crippen molar-refractivity contribution in [2.24, 2.45) is 0 Å². The van der Waals surface area contributed by atoms with Crippen LogP contribution < -0.4 is 5.32 Å². The fourth-order valence-electron chi connectivity index (χ4n) is 1.51. The molecule has 1 fully saturated rings. The van der Waals surface area contributed by atoms with E-state index in [-0.39, 0.29) is 0 Å². The highest BCUT2D eigenvalue weighted by Crippen LogP contribution is 2.20. The molecule has 5 nitrogen and oxygen atoms in total. The van der Waals surface area contributed by atoms with Crippen molar-refractivity contribution in [3.05, 3.63) is 18.7 Å². The van der Waals surface area contributed by atoms with Crippen LogP contribution in [0.3, 0.4) is 0 Å². The minimum absolute atomic E-state index is 0.425. The van der Waals surface area contributed by atoms with Crippen LogP contribution >= 0.6 is 0 Å². The van der Waals surface area contributed by atoms with Crippen molar-refractivity contribution in [2.75, 3.05) is 0 Å². The molecule has 5 heteroatoms. The third-order valence-corrected chi connectivity index (χ3v) is 2.55. The number of imidazole rings is 1. The molecule has 0 radical (unpaired) electrons. The summed E-state index contributed by atoms with van der Waals surface area (Å²) < 4.78 is 1.89. The second-order valence-electron chi connectivity index (χ2n) is 3.92. The van der Waals surface area contributed by atoms with Crippen LogP contribution in [-0.2, 0) is 11.3 Å². The lowest BCUT2D eigenvalue weighted by Crippen LogP contribution is -2.38. The highest BCUT2D eigenvalue weighted by Gasteiger charge is 2.27. The maximum absolute atomic E-state index is 10.9. The molecule has 1 aromatic rings. The van der Waals surface area contributed by atoms with Gasteiger partial charge in [-0.1, -0.05) is 0 Å². The van der Waals surface area contributed by atoms with Gasteiger partial charge in [0, 0.05) is 25.0 Å². The molecule has 0 bridgehead atoms. The third kappa shape index (κ3) is 3.06. The Kier molecular flexibility index (Phi) is 3.01. The number of carboxylic acid groups (broad SMARTS) is 1. The summed E-state index contributed by atoms with van der Waals surface area (Å²) >= 11 is 0. The Bertz CT molecular complexity index is 319. The quantitative estimate of drug-likeness (QED) is 0.715. The molecule has 1 aliphatic carbocycles. The summed E-state index contributed by atoms with van der Waals surface area (Å²) in [7, 11) is 0. The fourth-order valence-corrected chi connectivity index (χ4v) is 1.51. The normalized spacial score (nSPS) is 17.6. The molecular formula is C10H15N3O2. The van der Waals surface area contributed by atoms with Crippen molar-refractivity contribution >= 4 is 5.97 Å². The molecule has 1 heterocycles. The van der Waals surface area contributed by atoms with Crippen molar-refractivity contribution in [3.63, 3.8) is 0 Å². The Hall–Kier alpha value is -1.36.